The highest BCUT2D eigenvalue weighted by Crippen LogP contribution is 2.32. The topological polar surface area (TPSA) is 85.2 Å². The minimum atomic E-state index is -0.990. The van der Waals surface area contributed by atoms with Gasteiger partial charge in [-0.1, -0.05) is 42.5 Å². The molecular weight excluding hydrogens is 396 g/mol. The molecule has 0 bridgehead atoms. The van der Waals surface area contributed by atoms with Crippen LogP contribution in [0.5, 0.6) is 23.0 Å². The van der Waals surface area contributed by atoms with Crippen molar-refractivity contribution >= 4 is 12.0 Å². The van der Waals surface area contributed by atoms with Crippen molar-refractivity contribution in [3.8, 4) is 23.0 Å². The van der Waals surface area contributed by atoms with E-state index < -0.39 is 12.1 Å². The van der Waals surface area contributed by atoms with Crippen LogP contribution in [0, 0.1) is 0 Å². The summed E-state index contributed by atoms with van der Waals surface area (Å²) < 4.78 is 16.4. The highest BCUT2D eigenvalue weighted by atomic mass is 16.5. The zero-order valence-corrected chi connectivity index (χ0v) is 17.3. The molecule has 1 atom stereocenters. The Labute approximate surface area is 181 Å². The van der Waals surface area contributed by atoms with Gasteiger partial charge in [-0.15, -0.1) is 0 Å². The third kappa shape index (κ3) is 6.10. The van der Waals surface area contributed by atoms with Crippen LogP contribution < -0.4 is 14.2 Å². The lowest BCUT2D eigenvalue weighted by atomic mass is 10.1. The van der Waals surface area contributed by atoms with Gasteiger partial charge in [0.25, 0.3) is 0 Å². The molecule has 0 aliphatic heterocycles. The summed E-state index contributed by atoms with van der Waals surface area (Å²) in [5, 5.41) is 20.4. The van der Waals surface area contributed by atoms with Gasteiger partial charge in [0.1, 0.15) is 35.7 Å². The molecule has 3 rings (SSSR count). The van der Waals surface area contributed by atoms with E-state index in [4.69, 9.17) is 14.2 Å². The first-order chi connectivity index (χ1) is 15.0. The number of aliphatic hydroxyl groups excluding tert-OH is 1. The minimum Gasteiger partial charge on any atom is -0.508 e. The highest BCUT2D eigenvalue weighted by Gasteiger charge is 2.14. The molecule has 1 unspecified atom stereocenters. The van der Waals surface area contributed by atoms with Gasteiger partial charge in [-0.05, 0) is 29.8 Å². The second-order valence-corrected chi connectivity index (χ2v) is 6.80. The van der Waals surface area contributed by atoms with E-state index in [1.807, 2.05) is 30.3 Å². The Kier molecular flexibility index (Phi) is 7.30. The van der Waals surface area contributed by atoms with Crippen molar-refractivity contribution in [2.75, 3.05) is 7.11 Å². The third-order valence-electron chi connectivity index (χ3n) is 4.49. The van der Waals surface area contributed by atoms with E-state index in [0.717, 1.165) is 5.56 Å². The largest absolute Gasteiger partial charge is 0.508 e. The van der Waals surface area contributed by atoms with Crippen molar-refractivity contribution in [2.24, 2.45) is 0 Å². The number of hydrogen-bond donors (Lipinski definition) is 2. The Hall–Kier alpha value is -3.77. The van der Waals surface area contributed by atoms with Crippen LogP contribution in [0.25, 0.3) is 6.08 Å². The van der Waals surface area contributed by atoms with Crippen LogP contribution in [0.4, 0.5) is 0 Å². The number of hydrogen-bond acceptors (Lipinski definition) is 6. The van der Waals surface area contributed by atoms with Gasteiger partial charge in [-0.25, -0.2) is 0 Å². The minimum absolute atomic E-state index is 0.0271. The van der Waals surface area contributed by atoms with E-state index in [1.54, 1.807) is 43.5 Å². The molecule has 31 heavy (non-hydrogen) atoms. The van der Waals surface area contributed by atoms with Crippen LogP contribution >= 0.6 is 0 Å². The van der Waals surface area contributed by atoms with E-state index in [9.17, 15) is 15.0 Å². The number of phenolic OH excluding ortho intramolecular Hbond substituents is 1. The van der Waals surface area contributed by atoms with Crippen molar-refractivity contribution in [3.05, 3.63) is 89.5 Å². The summed E-state index contributed by atoms with van der Waals surface area (Å²) in [5.41, 5.74) is 2.09. The number of rotatable bonds is 8. The first-order valence-corrected chi connectivity index (χ1v) is 9.68. The normalized spacial score (nSPS) is 11.8. The SMILES string of the molecule is COc1ccc(C(O)C=Cc2ccc(O)cc2OC(C)=O)c(OCc2ccccc2)c1. The summed E-state index contributed by atoms with van der Waals surface area (Å²) in [6, 6.07) is 19.3. The van der Waals surface area contributed by atoms with Gasteiger partial charge in [0, 0.05) is 30.2 Å². The van der Waals surface area contributed by atoms with Gasteiger partial charge in [0.05, 0.1) is 7.11 Å². The van der Waals surface area contributed by atoms with Crippen molar-refractivity contribution in [1.29, 1.82) is 0 Å². The molecule has 0 spiro atoms. The molecule has 2 N–H and O–H groups in total. The molecule has 0 aliphatic carbocycles. The lowest BCUT2D eigenvalue weighted by Crippen LogP contribution is -2.03. The third-order valence-corrected chi connectivity index (χ3v) is 4.49. The summed E-state index contributed by atoms with van der Waals surface area (Å²) >= 11 is 0. The van der Waals surface area contributed by atoms with Crippen molar-refractivity contribution in [2.45, 2.75) is 19.6 Å². The molecule has 6 nitrogen and oxygen atoms in total. The first-order valence-electron chi connectivity index (χ1n) is 9.68. The Bertz CT molecular complexity index is 1060. The van der Waals surface area contributed by atoms with Crippen molar-refractivity contribution in [1.82, 2.24) is 0 Å². The predicted molar refractivity (Wildman–Crippen MR) is 117 cm³/mol. The first kappa shape index (κ1) is 21.9. The number of phenols is 1. The fourth-order valence-corrected chi connectivity index (χ4v) is 2.95. The van der Waals surface area contributed by atoms with Gasteiger partial charge in [0.2, 0.25) is 0 Å². The maximum atomic E-state index is 11.3. The van der Waals surface area contributed by atoms with Gasteiger partial charge >= 0.3 is 5.97 Å². The van der Waals surface area contributed by atoms with Crippen LogP contribution in [-0.4, -0.2) is 23.3 Å². The zero-order chi connectivity index (χ0) is 22.2. The average Bonchev–Trinajstić information content (AvgIpc) is 2.77. The summed E-state index contributed by atoms with van der Waals surface area (Å²) in [4.78, 5) is 11.3. The van der Waals surface area contributed by atoms with Crippen LogP contribution in [0.2, 0.25) is 0 Å². The molecule has 0 saturated carbocycles. The number of carbonyl (C=O) groups excluding carboxylic acids is 1. The second kappa shape index (κ2) is 10.3. The molecule has 3 aromatic carbocycles. The number of ether oxygens (including phenoxy) is 3. The fraction of sp³-hybridized carbons (Fsp3) is 0.160. The maximum absolute atomic E-state index is 11.3. The van der Waals surface area contributed by atoms with E-state index in [1.165, 1.54) is 19.1 Å². The predicted octanol–water partition coefficient (Wildman–Crippen LogP) is 4.65. The molecular formula is C25H24O6. The number of aliphatic hydroxyl groups is 1. The molecule has 0 saturated heterocycles. The molecule has 0 aliphatic rings. The monoisotopic (exact) mass is 420 g/mol. The quantitative estimate of drug-likeness (QED) is 0.408. The molecule has 6 heteroatoms. The Balaban J connectivity index is 1.84. The summed E-state index contributed by atoms with van der Waals surface area (Å²) in [6.45, 7) is 1.62. The van der Waals surface area contributed by atoms with Crippen LogP contribution in [-0.2, 0) is 11.4 Å². The van der Waals surface area contributed by atoms with Gasteiger partial charge in [-0.2, -0.15) is 0 Å². The number of aromatic hydroxyl groups is 1. The van der Waals surface area contributed by atoms with Gasteiger partial charge in [-0.3, -0.25) is 4.79 Å². The van der Waals surface area contributed by atoms with Crippen molar-refractivity contribution in [3.63, 3.8) is 0 Å². The van der Waals surface area contributed by atoms with E-state index in [0.29, 0.717) is 29.2 Å². The lowest BCUT2D eigenvalue weighted by molar-refractivity contribution is -0.131. The summed E-state index contributed by atoms with van der Waals surface area (Å²) in [5.74, 6) is 0.768. The second-order valence-electron chi connectivity index (χ2n) is 6.80. The Morgan fingerprint density at radius 1 is 1.03 bits per heavy atom. The molecule has 160 valence electrons. The fourth-order valence-electron chi connectivity index (χ4n) is 2.95. The standard InChI is InChI=1S/C25H24O6/c1-17(26)31-24-14-20(27)10-8-19(24)9-13-23(28)22-12-11-21(29-2)15-25(22)30-16-18-6-4-3-5-7-18/h3-15,23,27-28H,16H2,1-2H3. The molecule has 0 fully saturated rings. The van der Waals surface area contributed by atoms with Crippen LogP contribution in [0.3, 0.4) is 0 Å². The van der Waals surface area contributed by atoms with E-state index in [-0.39, 0.29) is 11.5 Å². The number of methoxy groups -OCH3 is 1. The molecule has 3 aromatic rings. The average molecular weight is 420 g/mol. The maximum Gasteiger partial charge on any atom is 0.308 e. The smallest absolute Gasteiger partial charge is 0.308 e. The number of benzene rings is 3. The zero-order valence-electron chi connectivity index (χ0n) is 17.3. The van der Waals surface area contributed by atoms with Gasteiger partial charge in [0.15, 0.2) is 0 Å². The molecule has 0 heterocycles. The Morgan fingerprint density at radius 2 is 1.81 bits per heavy atom. The highest BCUT2D eigenvalue weighted by molar-refractivity contribution is 5.72. The van der Waals surface area contributed by atoms with Crippen molar-refractivity contribution < 1.29 is 29.2 Å². The molecule has 0 radical (unpaired) electrons. The summed E-state index contributed by atoms with van der Waals surface area (Å²) in [7, 11) is 1.56. The number of esters is 1. The molecule has 0 amide bonds. The Morgan fingerprint density at radius 3 is 2.52 bits per heavy atom. The van der Waals surface area contributed by atoms with E-state index in [2.05, 4.69) is 0 Å². The summed E-state index contributed by atoms with van der Waals surface area (Å²) in [6.07, 6.45) is 2.18. The lowest BCUT2D eigenvalue weighted by Gasteiger charge is -2.15. The van der Waals surface area contributed by atoms with Gasteiger partial charge < -0.3 is 24.4 Å². The van der Waals surface area contributed by atoms with E-state index >= 15 is 0 Å². The van der Waals surface area contributed by atoms with Crippen LogP contribution in [0.1, 0.15) is 29.7 Å². The number of carbonyl (C=O) groups is 1. The molecule has 0 aromatic heterocycles. The van der Waals surface area contributed by atoms with Crippen LogP contribution in [0.15, 0.2) is 72.8 Å².